The van der Waals surface area contributed by atoms with Crippen LogP contribution in [0.1, 0.15) is 50.7 Å². The molecule has 0 radical (unpaired) electrons. The molecular formula is C31H31N3O5. The van der Waals surface area contributed by atoms with Crippen molar-refractivity contribution in [3.63, 3.8) is 0 Å². The lowest BCUT2D eigenvalue weighted by Crippen LogP contribution is -2.47. The molecule has 2 atom stereocenters. The zero-order chi connectivity index (χ0) is 27.5. The van der Waals surface area contributed by atoms with Gasteiger partial charge in [0.25, 0.3) is 5.91 Å². The van der Waals surface area contributed by atoms with Gasteiger partial charge in [0.05, 0.1) is 30.7 Å². The van der Waals surface area contributed by atoms with E-state index in [1.165, 1.54) is 0 Å². The van der Waals surface area contributed by atoms with Crippen LogP contribution in [0, 0.1) is 0 Å². The van der Waals surface area contributed by atoms with Crippen molar-refractivity contribution in [3.05, 3.63) is 101 Å². The number of para-hydroxylation sites is 1. The number of benzene rings is 3. The lowest BCUT2D eigenvalue weighted by atomic mass is 9.79. The third kappa shape index (κ3) is 4.91. The van der Waals surface area contributed by atoms with Gasteiger partial charge in [0, 0.05) is 54.6 Å². The molecule has 0 saturated carbocycles. The summed E-state index contributed by atoms with van der Waals surface area (Å²) in [6.45, 7) is 2.64. The summed E-state index contributed by atoms with van der Waals surface area (Å²) in [5.74, 6) is -1.60. The maximum absolute atomic E-state index is 14.2. The summed E-state index contributed by atoms with van der Waals surface area (Å²) >= 11 is 0. The van der Waals surface area contributed by atoms with Gasteiger partial charge in [-0.1, -0.05) is 42.5 Å². The summed E-state index contributed by atoms with van der Waals surface area (Å²) in [5.41, 5.74) is 3.86. The van der Waals surface area contributed by atoms with Crippen molar-refractivity contribution in [3.8, 4) is 0 Å². The minimum atomic E-state index is -0.715. The number of nitrogens with one attached hydrogen (secondary N) is 1. The number of aromatic nitrogens is 1. The van der Waals surface area contributed by atoms with E-state index in [1.807, 2.05) is 54.2 Å². The molecule has 0 bridgehead atoms. The number of aryl methyl sites for hydroxylation is 1. The number of ether oxygens (including phenoxy) is 2. The summed E-state index contributed by atoms with van der Waals surface area (Å²) in [6.07, 6.45) is 2.00. The fourth-order valence-corrected chi connectivity index (χ4v) is 5.42. The molecule has 1 N–H and O–H groups in total. The van der Waals surface area contributed by atoms with E-state index in [4.69, 9.17) is 9.47 Å². The molecular weight excluding hydrogens is 494 g/mol. The Morgan fingerprint density at radius 3 is 2.54 bits per heavy atom. The van der Waals surface area contributed by atoms with Crippen molar-refractivity contribution in [2.24, 2.45) is 7.05 Å². The Bertz CT molecular complexity index is 1540. The van der Waals surface area contributed by atoms with Gasteiger partial charge >= 0.3 is 5.97 Å². The van der Waals surface area contributed by atoms with Gasteiger partial charge in [-0.3, -0.25) is 9.59 Å². The van der Waals surface area contributed by atoms with Gasteiger partial charge in [0.1, 0.15) is 0 Å². The van der Waals surface area contributed by atoms with E-state index >= 15 is 0 Å². The Balaban J connectivity index is 1.63. The fourth-order valence-electron chi connectivity index (χ4n) is 5.42. The first kappa shape index (κ1) is 26.2. The molecule has 0 aliphatic carbocycles. The molecule has 8 nitrogen and oxygen atoms in total. The minimum Gasteiger partial charge on any atom is -0.462 e. The standard InChI is InChI=1S/C31H31N3O5/c1-4-39-31(37)20-10-9-11-21(18-20)32-29(35)27-23-13-5-6-14-24(23)30(36)34(16-17-38-3)28(27)25-19-33(2)26-15-8-7-12-22(25)26/h5-15,18-19,27-28H,4,16-17H2,1-3H3,(H,32,35)/t27-,28-/m0/s1. The summed E-state index contributed by atoms with van der Waals surface area (Å²) in [6, 6.07) is 21.3. The zero-order valence-corrected chi connectivity index (χ0v) is 22.2. The number of esters is 1. The average molecular weight is 526 g/mol. The molecule has 8 heteroatoms. The Morgan fingerprint density at radius 2 is 1.74 bits per heavy atom. The van der Waals surface area contributed by atoms with Gasteiger partial charge in [0.2, 0.25) is 5.91 Å². The maximum atomic E-state index is 14.2. The molecule has 1 aromatic heterocycles. The lowest BCUT2D eigenvalue weighted by Gasteiger charge is -2.41. The largest absolute Gasteiger partial charge is 0.462 e. The molecule has 1 aliphatic heterocycles. The number of rotatable bonds is 8. The van der Waals surface area contributed by atoms with Gasteiger partial charge in [-0.25, -0.2) is 4.79 Å². The molecule has 39 heavy (non-hydrogen) atoms. The zero-order valence-electron chi connectivity index (χ0n) is 22.2. The van der Waals surface area contributed by atoms with Crippen molar-refractivity contribution >= 4 is 34.4 Å². The Hall–Kier alpha value is -4.43. The molecule has 0 unspecified atom stereocenters. The Morgan fingerprint density at radius 1 is 0.974 bits per heavy atom. The van der Waals surface area contributed by atoms with Crippen LogP contribution in [0.4, 0.5) is 5.69 Å². The summed E-state index contributed by atoms with van der Waals surface area (Å²) < 4.78 is 12.5. The second-order valence-corrected chi connectivity index (χ2v) is 9.50. The molecule has 4 aromatic rings. The van der Waals surface area contributed by atoms with Crippen LogP contribution in [-0.4, -0.2) is 54.1 Å². The number of carbonyl (C=O) groups is 3. The van der Waals surface area contributed by atoms with Crippen LogP contribution in [0.25, 0.3) is 10.9 Å². The van der Waals surface area contributed by atoms with Crippen molar-refractivity contribution in [1.82, 2.24) is 9.47 Å². The summed E-state index contributed by atoms with van der Waals surface area (Å²) in [7, 11) is 3.55. The number of carbonyl (C=O) groups excluding carboxylic acids is 3. The molecule has 3 aromatic carbocycles. The van der Waals surface area contributed by atoms with Crippen molar-refractivity contribution < 1.29 is 23.9 Å². The van der Waals surface area contributed by atoms with Gasteiger partial charge < -0.3 is 24.3 Å². The third-order valence-corrected chi connectivity index (χ3v) is 7.15. The number of hydrogen-bond donors (Lipinski definition) is 1. The second-order valence-electron chi connectivity index (χ2n) is 9.50. The number of amides is 2. The third-order valence-electron chi connectivity index (χ3n) is 7.15. The minimum absolute atomic E-state index is 0.144. The maximum Gasteiger partial charge on any atom is 0.338 e. The van der Waals surface area contributed by atoms with Gasteiger partial charge in [-0.15, -0.1) is 0 Å². The molecule has 1 aliphatic rings. The highest BCUT2D eigenvalue weighted by Crippen LogP contribution is 2.45. The predicted molar refractivity (Wildman–Crippen MR) is 149 cm³/mol. The van der Waals surface area contributed by atoms with Crippen LogP contribution >= 0.6 is 0 Å². The van der Waals surface area contributed by atoms with Crippen molar-refractivity contribution in [1.29, 1.82) is 0 Å². The van der Waals surface area contributed by atoms with Gasteiger partial charge in [-0.2, -0.15) is 0 Å². The highest BCUT2D eigenvalue weighted by Gasteiger charge is 2.45. The van der Waals surface area contributed by atoms with E-state index in [-0.39, 0.29) is 18.4 Å². The first-order valence-electron chi connectivity index (χ1n) is 13.0. The fraction of sp³-hybridized carbons (Fsp3) is 0.258. The van der Waals surface area contributed by atoms with Crippen LogP contribution in [0.15, 0.2) is 79.0 Å². The Labute approximate surface area is 227 Å². The quantitative estimate of drug-likeness (QED) is 0.330. The number of methoxy groups -OCH3 is 1. The van der Waals surface area contributed by atoms with Gasteiger partial charge in [0.15, 0.2) is 0 Å². The summed E-state index contributed by atoms with van der Waals surface area (Å²) in [5, 5.41) is 3.99. The Kier molecular flexibility index (Phi) is 7.47. The van der Waals surface area contributed by atoms with Crippen LogP contribution in [0.3, 0.4) is 0 Å². The van der Waals surface area contributed by atoms with E-state index in [0.29, 0.717) is 35.5 Å². The predicted octanol–water partition coefficient (Wildman–Crippen LogP) is 4.92. The number of anilines is 1. The topological polar surface area (TPSA) is 89.9 Å². The van der Waals surface area contributed by atoms with E-state index in [0.717, 1.165) is 16.5 Å². The number of hydrogen-bond acceptors (Lipinski definition) is 5. The molecule has 0 saturated heterocycles. The normalized spacial score (nSPS) is 16.7. The van der Waals surface area contributed by atoms with Crippen LogP contribution in [-0.2, 0) is 21.3 Å². The van der Waals surface area contributed by atoms with E-state index < -0.39 is 17.9 Å². The number of fused-ring (bicyclic) bond motifs is 2. The summed E-state index contributed by atoms with van der Waals surface area (Å²) in [4.78, 5) is 42.1. The molecule has 200 valence electrons. The molecule has 5 rings (SSSR count). The first-order valence-corrected chi connectivity index (χ1v) is 13.0. The van der Waals surface area contributed by atoms with Crippen molar-refractivity contribution in [2.45, 2.75) is 18.9 Å². The van der Waals surface area contributed by atoms with Crippen molar-refractivity contribution in [2.75, 3.05) is 32.2 Å². The molecule has 2 amide bonds. The highest BCUT2D eigenvalue weighted by molar-refractivity contribution is 6.05. The van der Waals surface area contributed by atoms with Crippen LogP contribution in [0.5, 0.6) is 0 Å². The molecule has 0 spiro atoms. The smallest absolute Gasteiger partial charge is 0.338 e. The average Bonchev–Trinajstić information content (AvgIpc) is 3.28. The van der Waals surface area contributed by atoms with E-state index in [2.05, 4.69) is 5.32 Å². The van der Waals surface area contributed by atoms with Crippen LogP contribution < -0.4 is 5.32 Å². The second kappa shape index (κ2) is 11.1. The molecule has 0 fully saturated rings. The first-order chi connectivity index (χ1) is 18.9. The van der Waals surface area contributed by atoms with E-state index in [1.54, 1.807) is 55.3 Å². The lowest BCUT2D eigenvalue weighted by molar-refractivity contribution is -0.119. The highest BCUT2D eigenvalue weighted by atomic mass is 16.5. The molecule has 2 heterocycles. The van der Waals surface area contributed by atoms with Gasteiger partial charge in [-0.05, 0) is 42.8 Å². The number of nitrogens with zero attached hydrogens (tertiary/aromatic N) is 2. The van der Waals surface area contributed by atoms with E-state index in [9.17, 15) is 14.4 Å². The monoisotopic (exact) mass is 525 g/mol. The SMILES string of the molecule is CCOC(=O)c1cccc(NC(=O)[C@H]2c3ccccc3C(=O)N(CCOC)[C@H]2c2cn(C)c3ccccc23)c1. The van der Waals surface area contributed by atoms with Crippen LogP contribution in [0.2, 0.25) is 0 Å².